The highest BCUT2D eigenvalue weighted by Gasteiger charge is 2.30. The maximum atomic E-state index is 13.1. The molecule has 19 heteroatoms. The molecule has 0 amide bonds. The molecule has 0 saturated carbocycles. The van der Waals surface area contributed by atoms with Crippen LogP contribution in [0.15, 0.2) is 0 Å². The lowest BCUT2D eigenvalue weighted by molar-refractivity contribution is -0.161. The van der Waals surface area contributed by atoms with Gasteiger partial charge in [-0.2, -0.15) is 0 Å². The molecule has 0 rings (SSSR count). The Morgan fingerprint density at radius 3 is 0.740 bits per heavy atom. The summed E-state index contributed by atoms with van der Waals surface area (Å²) in [5.74, 6) is 0.942. The molecule has 0 fully saturated rings. The van der Waals surface area contributed by atoms with Gasteiger partial charge in [-0.3, -0.25) is 37.3 Å². The van der Waals surface area contributed by atoms with Crippen LogP contribution >= 0.6 is 15.6 Å². The molecule has 0 aliphatic heterocycles. The largest absolute Gasteiger partial charge is 0.472 e. The van der Waals surface area contributed by atoms with Crippen molar-refractivity contribution < 1.29 is 80.2 Å². The number of aliphatic hydroxyl groups excluding tert-OH is 1. The van der Waals surface area contributed by atoms with E-state index < -0.39 is 97.5 Å². The van der Waals surface area contributed by atoms with Gasteiger partial charge in [0.2, 0.25) is 0 Å². The minimum Gasteiger partial charge on any atom is -0.462 e. The molecule has 17 nitrogen and oxygen atoms in total. The minimum atomic E-state index is -4.96. The second-order valence-electron chi connectivity index (χ2n) is 29.4. The molecule has 3 unspecified atom stereocenters. The summed E-state index contributed by atoms with van der Waals surface area (Å²) >= 11 is 0. The summed E-state index contributed by atoms with van der Waals surface area (Å²) in [6.45, 7) is 14.2. The monoisotopic (exact) mass is 1410 g/mol. The number of carbonyl (C=O) groups is 4. The summed E-state index contributed by atoms with van der Waals surface area (Å²) in [6, 6.07) is 0. The number of unbranched alkanes of at least 4 members (excludes halogenated alkanes) is 39. The van der Waals surface area contributed by atoms with Crippen LogP contribution in [-0.4, -0.2) is 96.7 Å². The van der Waals surface area contributed by atoms with E-state index in [0.717, 1.165) is 114 Å². The number of hydrogen-bond acceptors (Lipinski definition) is 15. The van der Waals surface area contributed by atoms with Crippen LogP contribution in [-0.2, 0) is 65.4 Å². The quantitative estimate of drug-likeness (QED) is 0.0222. The molecule has 0 aliphatic carbocycles. The Morgan fingerprint density at radius 1 is 0.292 bits per heavy atom. The Morgan fingerprint density at radius 2 is 0.500 bits per heavy atom. The van der Waals surface area contributed by atoms with E-state index in [1.54, 1.807) is 0 Å². The normalized spacial score (nSPS) is 14.4. The van der Waals surface area contributed by atoms with Crippen LogP contribution in [0.1, 0.15) is 389 Å². The van der Waals surface area contributed by atoms with Crippen molar-refractivity contribution >= 4 is 39.5 Å². The third-order valence-corrected chi connectivity index (χ3v) is 20.1. The van der Waals surface area contributed by atoms with Crippen molar-refractivity contribution in [2.75, 3.05) is 39.6 Å². The number of ether oxygens (including phenoxy) is 4. The highest BCUT2D eigenvalue weighted by atomic mass is 31.2. The van der Waals surface area contributed by atoms with E-state index in [-0.39, 0.29) is 25.7 Å². The fourth-order valence-electron chi connectivity index (χ4n) is 11.7. The highest BCUT2D eigenvalue weighted by molar-refractivity contribution is 7.47. The van der Waals surface area contributed by atoms with Gasteiger partial charge in [0, 0.05) is 25.7 Å². The Balaban J connectivity index is 5.23. The Labute approximate surface area is 588 Å². The van der Waals surface area contributed by atoms with Crippen molar-refractivity contribution in [1.29, 1.82) is 0 Å². The molecule has 0 aromatic carbocycles. The van der Waals surface area contributed by atoms with E-state index in [4.69, 9.17) is 37.0 Å². The van der Waals surface area contributed by atoms with Crippen molar-refractivity contribution in [2.45, 2.75) is 408 Å². The van der Waals surface area contributed by atoms with Gasteiger partial charge in [0.25, 0.3) is 0 Å². The number of rotatable bonds is 74. The Kier molecular flexibility index (Phi) is 65.0. The standard InChI is InChI=1S/C77H150O17P2/c1-9-70(8)56-48-40-31-25-21-22-28-34-44-52-60-77(82)94-73(64-88-75(80)58-50-42-36-35-39-47-55-69(6)7)66-92-96(85,86)90-62-71(78)61-89-95(83,84)91-65-72(63-87-74(79)57-49-41-32-26-20-16-18-24-30-38-46-54-68(4)5)93-76(81)59-51-43-33-27-19-15-13-11-10-12-14-17-23-29-37-45-53-67(2)3/h67-73,78H,9-66H2,1-8H3,(H,83,84)(H,85,86)/t70?,71-,72-,73-/m1/s1. The summed E-state index contributed by atoms with van der Waals surface area (Å²) in [5.41, 5.74) is 0. The molecule has 0 aliphatic rings. The van der Waals surface area contributed by atoms with Gasteiger partial charge in [0.05, 0.1) is 26.4 Å². The minimum absolute atomic E-state index is 0.105. The zero-order valence-corrected chi connectivity index (χ0v) is 64.8. The second-order valence-corrected chi connectivity index (χ2v) is 32.3. The molecule has 6 atom stereocenters. The summed E-state index contributed by atoms with van der Waals surface area (Å²) in [4.78, 5) is 72.8. The molecule has 0 heterocycles. The zero-order chi connectivity index (χ0) is 71.0. The SMILES string of the molecule is CCC(C)CCCCCCCCCCCCC(=O)O[C@H](COC(=O)CCCCCCCCC(C)C)COP(=O)(O)OC[C@H](O)COP(=O)(O)OC[C@@H](COC(=O)CCCCCCCCCCCCCC(C)C)OC(=O)CCCCCCCCCCCCCCCCCCC(C)C. The van der Waals surface area contributed by atoms with Crippen LogP contribution < -0.4 is 0 Å². The topological polar surface area (TPSA) is 237 Å². The molecule has 0 aromatic rings. The van der Waals surface area contributed by atoms with Gasteiger partial charge in [-0.05, 0) is 49.4 Å². The first-order chi connectivity index (χ1) is 46.1. The van der Waals surface area contributed by atoms with Gasteiger partial charge >= 0.3 is 39.5 Å². The maximum absolute atomic E-state index is 13.1. The van der Waals surface area contributed by atoms with Crippen LogP contribution in [0.4, 0.5) is 0 Å². The van der Waals surface area contributed by atoms with Crippen molar-refractivity contribution in [3.8, 4) is 0 Å². The van der Waals surface area contributed by atoms with E-state index in [1.807, 2.05) is 0 Å². The van der Waals surface area contributed by atoms with Crippen LogP contribution in [0.25, 0.3) is 0 Å². The summed E-state index contributed by atoms with van der Waals surface area (Å²) in [6.07, 6.45) is 51.4. The van der Waals surface area contributed by atoms with Crippen LogP contribution in [0.2, 0.25) is 0 Å². The maximum Gasteiger partial charge on any atom is 0.472 e. The van der Waals surface area contributed by atoms with Gasteiger partial charge in [-0.15, -0.1) is 0 Å². The van der Waals surface area contributed by atoms with Gasteiger partial charge in [-0.25, -0.2) is 9.13 Å². The average Bonchev–Trinajstić information content (AvgIpc) is 1.27. The molecule has 0 spiro atoms. The predicted molar refractivity (Wildman–Crippen MR) is 391 cm³/mol. The predicted octanol–water partition coefficient (Wildman–Crippen LogP) is 22.4. The lowest BCUT2D eigenvalue weighted by Crippen LogP contribution is -2.30. The van der Waals surface area contributed by atoms with Crippen molar-refractivity contribution in [2.24, 2.45) is 23.7 Å². The molecule has 0 radical (unpaired) electrons. The number of aliphatic hydroxyl groups is 1. The van der Waals surface area contributed by atoms with E-state index in [9.17, 15) is 43.2 Å². The third kappa shape index (κ3) is 69.2. The first kappa shape index (κ1) is 94.1. The molecular formula is C77H150O17P2. The van der Waals surface area contributed by atoms with Crippen molar-refractivity contribution in [1.82, 2.24) is 0 Å². The summed E-state index contributed by atoms with van der Waals surface area (Å²) in [5, 5.41) is 10.6. The first-order valence-electron chi connectivity index (χ1n) is 39.7. The number of hydrogen-bond donors (Lipinski definition) is 3. The second kappa shape index (κ2) is 66.3. The molecular weight excluding hydrogens is 1260 g/mol. The summed E-state index contributed by atoms with van der Waals surface area (Å²) < 4.78 is 68.5. The summed E-state index contributed by atoms with van der Waals surface area (Å²) in [7, 11) is -9.91. The van der Waals surface area contributed by atoms with Gasteiger partial charge < -0.3 is 33.8 Å². The molecule has 0 bridgehead atoms. The van der Waals surface area contributed by atoms with Crippen molar-refractivity contribution in [3.63, 3.8) is 0 Å². The highest BCUT2D eigenvalue weighted by Crippen LogP contribution is 2.45. The molecule has 570 valence electrons. The Bertz CT molecular complexity index is 1890. The Hall–Kier alpha value is -1.94. The first-order valence-corrected chi connectivity index (χ1v) is 42.7. The lowest BCUT2D eigenvalue weighted by atomic mass is 9.99. The molecule has 0 saturated heterocycles. The molecule has 96 heavy (non-hydrogen) atoms. The van der Waals surface area contributed by atoms with Gasteiger partial charge in [-0.1, -0.05) is 338 Å². The van der Waals surface area contributed by atoms with Crippen molar-refractivity contribution in [3.05, 3.63) is 0 Å². The van der Waals surface area contributed by atoms with Crippen LogP contribution in [0, 0.1) is 23.7 Å². The number of phosphoric acid groups is 2. The molecule has 3 N–H and O–H groups in total. The third-order valence-electron chi connectivity index (χ3n) is 18.2. The van der Waals surface area contributed by atoms with Gasteiger partial charge in [0.15, 0.2) is 12.2 Å². The van der Waals surface area contributed by atoms with Crippen LogP contribution in [0.5, 0.6) is 0 Å². The fourth-order valence-corrected chi connectivity index (χ4v) is 13.3. The number of esters is 4. The van der Waals surface area contributed by atoms with E-state index in [1.165, 1.54) is 186 Å². The van der Waals surface area contributed by atoms with E-state index in [0.29, 0.717) is 31.6 Å². The number of phosphoric ester groups is 2. The fraction of sp³-hybridized carbons (Fsp3) is 0.948. The van der Waals surface area contributed by atoms with E-state index >= 15 is 0 Å². The smallest absolute Gasteiger partial charge is 0.462 e. The number of carbonyl (C=O) groups excluding carboxylic acids is 4. The zero-order valence-electron chi connectivity index (χ0n) is 63.0. The average molecular weight is 1410 g/mol. The molecule has 0 aromatic heterocycles. The van der Waals surface area contributed by atoms with Crippen LogP contribution in [0.3, 0.4) is 0 Å². The van der Waals surface area contributed by atoms with E-state index in [2.05, 4.69) is 55.4 Å². The van der Waals surface area contributed by atoms with Gasteiger partial charge in [0.1, 0.15) is 19.3 Å². The lowest BCUT2D eigenvalue weighted by Gasteiger charge is -2.21.